The zero-order chi connectivity index (χ0) is 17.3. The fourth-order valence-corrected chi connectivity index (χ4v) is 3.19. The molecule has 0 aliphatic carbocycles. The minimum absolute atomic E-state index is 0.146. The zero-order valence-electron chi connectivity index (χ0n) is 11.1. The van der Waals surface area contributed by atoms with Crippen LogP contribution < -0.4 is 0 Å². The first-order chi connectivity index (χ1) is 9.86. The number of hydrogen-bond acceptors (Lipinski definition) is 2. The second-order valence-electron chi connectivity index (χ2n) is 4.69. The van der Waals surface area contributed by atoms with Crippen molar-refractivity contribution in [2.45, 2.75) is 30.8 Å². The summed E-state index contributed by atoms with van der Waals surface area (Å²) in [5.74, 6) is -6.15. The van der Waals surface area contributed by atoms with Gasteiger partial charge in [0.05, 0.1) is 11.3 Å². The fraction of sp³-hybridized carbons (Fsp3) is 0.500. The van der Waals surface area contributed by atoms with Crippen molar-refractivity contribution in [2.24, 2.45) is 5.92 Å². The van der Waals surface area contributed by atoms with Crippen LogP contribution in [0, 0.1) is 17.6 Å². The van der Waals surface area contributed by atoms with E-state index in [9.17, 15) is 39.2 Å². The van der Waals surface area contributed by atoms with Crippen LogP contribution in [0.15, 0.2) is 17.0 Å². The minimum atomic E-state index is -5.05. The fourth-order valence-electron chi connectivity index (χ4n) is 1.59. The molecule has 0 aliphatic rings. The maximum absolute atomic E-state index is 13.6. The molecule has 0 fully saturated rings. The van der Waals surface area contributed by atoms with Gasteiger partial charge in [0.1, 0.15) is 16.5 Å². The van der Waals surface area contributed by atoms with Gasteiger partial charge in [0, 0.05) is 5.92 Å². The average molecular weight is 352 g/mol. The zero-order valence-corrected chi connectivity index (χ0v) is 11.9. The summed E-state index contributed by atoms with van der Waals surface area (Å²) in [5.41, 5.74) is -1.68. The van der Waals surface area contributed by atoms with Crippen molar-refractivity contribution in [1.29, 1.82) is 0 Å². The summed E-state index contributed by atoms with van der Waals surface area (Å²) in [4.78, 5) is -1.54. The van der Waals surface area contributed by atoms with Gasteiger partial charge in [-0.2, -0.15) is 13.2 Å². The highest BCUT2D eigenvalue weighted by molar-refractivity contribution is 7.91. The quantitative estimate of drug-likeness (QED) is 0.750. The molecule has 0 radical (unpaired) electrons. The van der Waals surface area contributed by atoms with E-state index < -0.39 is 62.6 Å². The number of rotatable bonds is 5. The van der Waals surface area contributed by atoms with Gasteiger partial charge in [-0.3, -0.25) is 0 Å². The smallest absolute Gasteiger partial charge is 0.223 e. The average Bonchev–Trinajstić information content (AvgIpc) is 2.33. The number of benzene rings is 1. The number of hydrogen-bond donors (Lipinski definition) is 0. The second kappa shape index (κ2) is 6.43. The van der Waals surface area contributed by atoms with E-state index in [1.165, 1.54) is 0 Å². The van der Waals surface area contributed by atoms with Gasteiger partial charge in [0.2, 0.25) is 6.43 Å². The molecule has 126 valence electrons. The lowest BCUT2D eigenvalue weighted by Crippen LogP contribution is -2.17. The Hall–Kier alpha value is -1.32. The Morgan fingerprint density at radius 3 is 1.91 bits per heavy atom. The SMILES string of the molecule is CC(CCS(=O)(=O)c1c(F)cc(C(F)(F)F)cc1F)C(F)F. The molecule has 10 heteroatoms. The van der Waals surface area contributed by atoms with E-state index in [0.717, 1.165) is 6.92 Å². The first kappa shape index (κ1) is 18.7. The van der Waals surface area contributed by atoms with Crippen LogP contribution in [0.5, 0.6) is 0 Å². The minimum Gasteiger partial charge on any atom is -0.223 e. The molecule has 0 aliphatic heterocycles. The molecule has 1 unspecified atom stereocenters. The number of alkyl halides is 5. The first-order valence-corrected chi connectivity index (χ1v) is 7.58. The third-order valence-corrected chi connectivity index (χ3v) is 4.69. The van der Waals surface area contributed by atoms with Crippen LogP contribution >= 0.6 is 0 Å². The van der Waals surface area contributed by atoms with Gasteiger partial charge in [-0.15, -0.1) is 0 Å². The molecule has 1 rings (SSSR count). The molecule has 2 nitrogen and oxygen atoms in total. The molecule has 0 aromatic heterocycles. The predicted octanol–water partition coefficient (Wildman–Crippen LogP) is 4.05. The maximum Gasteiger partial charge on any atom is 0.416 e. The van der Waals surface area contributed by atoms with Gasteiger partial charge >= 0.3 is 6.18 Å². The topological polar surface area (TPSA) is 34.1 Å². The lowest BCUT2D eigenvalue weighted by atomic mass is 10.1. The van der Waals surface area contributed by atoms with Crippen LogP contribution in [0.3, 0.4) is 0 Å². The lowest BCUT2D eigenvalue weighted by Gasteiger charge is -2.13. The molecule has 0 saturated carbocycles. The van der Waals surface area contributed by atoms with Gasteiger partial charge in [-0.1, -0.05) is 6.92 Å². The lowest BCUT2D eigenvalue weighted by molar-refractivity contribution is -0.138. The van der Waals surface area contributed by atoms with E-state index in [4.69, 9.17) is 0 Å². The van der Waals surface area contributed by atoms with E-state index in [-0.39, 0.29) is 12.1 Å². The van der Waals surface area contributed by atoms with Crippen molar-refractivity contribution in [1.82, 2.24) is 0 Å². The Kier molecular flexibility index (Phi) is 5.47. The third kappa shape index (κ3) is 4.34. The van der Waals surface area contributed by atoms with Crippen LogP contribution in [0.1, 0.15) is 18.9 Å². The summed E-state index contributed by atoms with van der Waals surface area (Å²) < 4.78 is 112. The van der Waals surface area contributed by atoms with Crippen molar-refractivity contribution in [2.75, 3.05) is 5.75 Å². The van der Waals surface area contributed by atoms with Gasteiger partial charge in [0.25, 0.3) is 0 Å². The largest absolute Gasteiger partial charge is 0.416 e. The highest BCUT2D eigenvalue weighted by Gasteiger charge is 2.35. The Morgan fingerprint density at radius 1 is 1.09 bits per heavy atom. The van der Waals surface area contributed by atoms with Gasteiger partial charge in [0.15, 0.2) is 9.84 Å². The van der Waals surface area contributed by atoms with Gasteiger partial charge in [-0.25, -0.2) is 26.0 Å². The molecule has 0 amide bonds. The Bertz CT molecular complexity index is 614. The van der Waals surface area contributed by atoms with Crippen LogP contribution in [-0.2, 0) is 16.0 Å². The second-order valence-corrected chi connectivity index (χ2v) is 6.73. The monoisotopic (exact) mass is 352 g/mol. The summed E-state index contributed by atoms with van der Waals surface area (Å²) in [5, 5.41) is 0. The molecular weight excluding hydrogens is 341 g/mol. The van der Waals surface area contributed by atoms with Crippen molar-refractivity contribution < 1.29 is 39.2 Å². The summed E-state index contributed by atoms with van der Waals surface area (Å²) in [7, 11) is -4.66. The van der Waals surface area contributed by atoms with Crippen LogP contribution in [0.2, 0.25) is 0 Å². The van der Waals surface area contributed by atoms with Gasteiger partial charge < -0.3 is 0 Å². The van der Waals surface area contributed by atoms with E-state index in [1.54, 1.807) is 0 Å². The van der Waals surface area contributed by atoms with E-state index in [0.29, 0.717) is 0 Å². The molecule has 0 heterocycles. The molecule has 0 N–H and O–H groups in total. The molecule has 0 bridgehead atoms. The van der Waals surface area contributed by atoms with E-state index in [1.807, 2.05) is 0 Å². The Balaban J connectivity index is 3.16. The summed E-state index contributed by atoms with van der Waals surface area (Å²) in [6.07, 6.45) is -8.45. The van der Waals surface area contributed by atoms with E-state index in [2.05, 4.69) is 0 Å². The number of halogens is 7. The van der Waals surface area contributed by atoms with Crippen molar-refractivity contribution in [3.05, 3.63) is 29.3 Å². The molecule has 22 heavy (non-hydrogen) atoms. The van der Waals surface area contributed by atoms with Crippen molar-refractivity contribution >= 4 is 9.84 Å². The van der Waals surface area contributed by atoms with Crippen LogP contribution in [0.4, 0.5) is 30.7 Å². The normalized spacial score (nSPS) is 14.4. The number of sulfone groups is 1. The molecule has 1 aromatic carbocycles. The predicted molar refractivity (Wildman–Crippen MR) is 63.2 cm³/mol. The molecular formula is C12H11F7O2S. The summed E-state index contributed by atoms with van der Waals surface area (Å²) >= 11 is 0. The highest BCUT2D eigenvalue weighted by atomic mass is 32.2. The molecule has 1 atom stereocenters. The summed E-state index contributed by atoms with van der Waals surface area (Å²) in [6.45, 7) is 1.04. The Labute approximate surface area is 121 Å². The summed E-state index contributed by atoms with van der Waals surface area (Å²) in [6, 6.07) is -0.293. The Morgan fingerprint density at radius 2 is 1.55 bits per heavy atom. The molecule has 1 aromatic rings. The van der Waals surface area contributed by atoms with Crippen LogP contribution in [0.25, 0.3) is 0 Å². The van der Waals surface area contributed by atoms with Crippen molar-refractivity contribution in [3.8, 4) is 0 Å². The standard InChI is InChI=1S/C12H11F7O2S/c1-6(11(15)16)2-3-22(20,21)10-8(13)4-7(5-9(10)14)12(17,18)19/h4-6,11H,2-3H2,1H3. The first-order valence-electron chi connectivity index (χ1n) is 5.93. The van der Waals surface area contributed by atoms with Crippen molar-refractivity contribution in [3.63, 3.8) is 0 Å². The highest BCUT2D eigenvalue weighted by Crippen LogP contribution is 2.33. The van der Waals surface area contributed by atoms with E-state index >= 15 is 0 Å². The third-order valence-electron chi connectivity index (χ3n) is 2.91. The maximum atomic E-state index is 13.6. The van der Waals surface area contributed by atoms with Gasteiger partial charge in [-0.05, 0) is 18.6 Å². The van der Waals surface area contributed by atoms with Crippen LogP contribution in [-0.4, -0.2) is 20.6 Å². The molecule has 0 spiro atoms. The molecule has 0 saturated heterocycles.